The van der Waals surface area contributed by atoms with Crippen LogP contribution in [0.1, 0.15) is 12.0 Å². The summed E-state index contributed by atoms with van der Waals surface area (Å²) in [5.74, 6) is 0.337. The van der Waals surface area contributed by atoms with E-state index in [0.717, 1.165) is 0 Å². The highest BCUT2D eigenvalue weighted by Gasteiger charge is 2.13. The Morgan fingerprint density at radius 1 is 1.62 bits per heavy atom. The molecular formula is C8H16N4O3S. The lowest BCUT2D eigenvalue weighted by atomic mass is 10.3. The number of hydrogen-bond acceptors (Lipinski definition) is 5. The predicted octanol–water partition coefficient (Wildman–Crippen LogP) is -0.353. The van der Waals surface area contributed by atoms with Gasteiger partial charge in [0.05, 0.1) is 11.9 Å². The van der Waals surface area contributed by atoms with Crippen molar-refractivity contribution in [3.63, 3.8) is 0 Å². The Morgan fingerprint density at radius 2 is 2.38 bits per heavy atom. The Labute approximate surface area is 94.4 Å². The van der Waals surface area contributed by atoms with Gasteiger partial charge in [-0.25, -0.2) is 8.42 Å². The molecule has 0 aliphatic heterocycles. The minimum absolute atomic E-state index is 0.00384. The zero-order valence-corrected chi connectivity index (χ0v) is 9.88. The minimum atomic E-state index is -3.37. The summed E-state index contributed by atoms with van der Waals surface area (Å²) >= 11 is 0. The smallest absolute Gasteiger partial charge is 0.233 e. The Bertz CT molecular complexity index is 415. The van der Waals surface area contributed by atoms with Crippen molar-refractivity contribution in [2.45, 2.75) is 13.0 Å². The number of H-pyrrole nitrogens is 1. The van der Waals surface area contributed by atoms with Gasteiger partial charge >= 0.3 is 0 Å². The number of methoxy groups -OCH3 is 1. The molecule has 1 aromatic heterocycles. The second-order valence-electron chi connectivity index (χ2n) is 3.24. The Kier molecular flexibility index (Phi) is 4.71. The SMILES string of the molecule is COCCCS(=O)(=O)Nc1[nH]ncc1CN. The van der Waals surface area contributed by atoms with E-state index in [1.54, 1.807) is 0 Å². The molecule has 0 saturated carbocycles. The zero-order chi connectivity index (χ0) is 12.0. The highest BCUT2D eigenvalue weighted by atomic mass is 32.2. The third-order valence-electron chi connectivity index (χ3n) is 1.96. The van der Waals surface area contributed by atoms with Crippen molar-refractivity contribution in [2.24, 2.45) is 5.73 Å². The van der Waals surface area contributed by atoms with Crippen LogP contribution in [-0.2, 0) is 21.3 Å². The average Bonchev–Trinajstić information content (AvgIpc) is 2.64. The molecule has 0 aliphatic carbocycles. The average molecular weight is 248 g/mol. The summed E-state index contributed by atoms with van der Waals surface area (Å²) in [6, 6.07) is 0. The van der Waals surface area contributed by atoms with E-state index in [9.17, 15) is 8.42 Å². The van der Waals surface area contributed by atoms with Crippen LogP contribution in [0.3, 0.4) is 0 Å². The molecule has 7 nitrogen and oxygen atoms in total. The summed E-state index contributed by atoms with van der Waals surface area (Å²) < 4.78 is 30.4. The van der Waals surface area contributed by atoms with Crippen LogP contribution in [0.5, 0.6) is 0 Å². The Hall–Kier alpha value is -1.12. The molecule has 0 aliphatic rings. The lowest BCUT2D eigenvalue weighted by molar-refractivity contribution is 0.199. The Morgan fingerprint density at radius 3 is 3.00 bits per heavy atom. The lowest BCUT2D eigenvalue weighted by Crippen LogP contribution is -2.19. The maximum atomic E-state index is 11.6. The van der Waals surface area contributed by atoms with Crippen LogP contribution in [0.15, 0.2) is 6.20 Å². The number of nitrogens with one attached hydrogen (secondary N) is 2. The van der Waals surface area contributed by atoms with Gasteiger partial charge in [0, 0.05) is 25.8 Å². The standard InChI is InChI=1S/C8H16N4O3S/c1-15-3-2-4-16(13,14)12-8-7(5-9)6-10-11-8/h6H,2-5,9H2,1H3,(H2,10,11,12). The van der Waals surface area contributed by atoms with Crippen molar-refractivity contribution < 1.29 is 13.2 Å². The van der Waals surface area contributed by atoms with Crippen LogP contribution >= 0.6 is 0 Å². The van der Waals surface area contributed by atoms with Crippen LogP contribution in [-0.4, -0.2) is 38.1 Å². The molecule has 4 N–H and O–H groups in total. The van der Waals surface area contributed by atoms with Gasteiger partial charge in [0.15, 0.2) is 0 Å². The van der Waals surface area contributed by atoms with Gasteiger partial charge in [-0.15, -0.1) is 0 Å². The molecule has 0 radical (unpaired) electrons. The van der Waals surface area contributed by atoms with Crippen molar-refractivity contribution in [2.75, 3.05) is 24.2 Å². The number of ether oxygens (including phenoxy) is 1. The molecule has 0 saturated heterocycles. The third-order valence-corrected chi connectivity index (χ3v) is 3.30. The highest BCUT2D eigenvalue weighted by Crippen LogP contribution is 2.11. The number of aromatic nitrogens is 2. The van der Waals surface area contributed by atoms with Crippen LogP contribution < -0.4 is 10.5 Å². The van der Waals surface area contributed by atoms with Crippen molar-refractivity contribution in [3.8, 4) is 0 Å². The van der Waals surface area contributed by atoms with Crippen molar-refractivity contribution >= 4 is 15.8 Å². The molecule has 0 aromatic carbocycles. The van der Waals surface area contributed by atoms with E-state index in [2.05, 4.69) is 14.9 Å². The lowest BCUT2D eigenvalue weighted by Gasteiger charge is -2.06. The minimum Gasteiger partial charge on any atom is -0.385 e. The van der Waals surface area contributed by atoms with Crippen LogP contribution in [0.2, 0.25) is 0 Å². The number of nitrogens with two attached hydrogens (primary N) is 1. The van der Waals surface area contributed by atoms with Crippen molar-refractivity contribution in [1.82, 2.24) is 10.2 Å². The second kappa shape index (κ2) is 5.83. The van der Waals surface area contributed by atoms with Crippen molar-refractivity contribution in [1.29, 1.82) is 0 Å². The molecule has 0 bridgehead atoms. The predicted molar refractivity (Wildman–Crippen MR) is 60.4 cm³/mol. The fraction of sp³-hybridized carbons (Fsp3) is 0.625. The first kappa shape index (κ1) is 12.9. The summed E-state index contributed by atoms with van der Waals surface area (Å²) in [5, 5.41) is 6.27. The molecule has 16 heavy (non-hydrogen) atoms. The number of anilines is 1. The highest BCUT2D eigenvalue weighted by molar-refractivity contribution is 7.92. The summed E-state index contributed by atoms with van der Waals surface area (Å²) in [5.41, 5.74) is 6.06. The summed E-state index contributed by atoms with van der Waals surface area (Å²) in [4.78, 5) is 0. The van der Waals surface area contributed by atoms with Crippen LogP contribution in [0.4, 0.5) is 5.82 Å². The molecule has 0 atom stereocenters. The van der Waals surface area contributed by atoms with Gasteiger partial charge in [0.25, 0.3) is 0 Å². The molecule has 1 rings (SSSR count). The molecule has 92 valence electrons. The van der Waals surface area contributed by atoms with Gasteiger partial charge in [-0.1, -0.05) is 0 Å². The van der Waals surface area contributed by atoms with Gasteiger partial charge in [-0.05, 0) is 6.42 Å². The van der Waals surface area contributed by atoms with Gasteiger partial charge in [-0.3, -0.25) is 9.82 Å². The van der Waals surface area contributed by atoms with Gasteiger partial charge in [0.2, 0.25) is 10.0 Å². The Balaban J connectivity index is 2.59. The van der Waals surface area contributed by atoms with E-state index in [4.69, 9.17) is 10.5 Å². The zero-order valence-electron chi connectivity index (χ0n) is 9.06. The molecule has 0 fully saturated rings. The molecule has 0 amide bonds. The number of aromatic amines is 1. The van der Waals surface area contributed by atoms with E-state index < -0.39 is 10.0 Å². The fourth-order valence-electron chi connectivity index (χ4n) is 1.15. The number of nitrogens with zero attached hydrogens (tertiary/aromatic N) is 1. The number of hydrogen-bond donors (Lipinski definition) is 3. The first-order valence-electron chi connectivity index (χ1n) is 4.81. The topological polar surface area (TPSA) is 110 Å². The number of rotatable bonds is 7. The van der Waals surface area contributed by atoms with Crippen LogP contribution in [0.25, 0.3) is 0 Å². The van der Waals surface area contributed by atoms with Crippen molar-refractivity contribution in [3.05, 3.63) is 11.8 Å². The van der Waals surface area contributed by atoms with E-state index in [0.29, 0.717) is 24.4 Å². The summed E-state index contributed by atoms with van der Waals surface area (Å²) in [6.45, 7) is 0.639. The van der Waals surface area contributed by atoms with E-state index >= 15 is 0 Å². The molecule has 0 spiro atoms. The fourth-order valence-corrected chi connectivity index (χ4v) is 2.24. The first-order valence-corrected chi connectivity index (χ1v) is 6.46. The molecule has 0 unspecified atom stereocenters. The monoisotopic (exact) mass is 248 g/mol. The van der Waals surface area contributed by atoms with E-state index in [-0.39, 0.29) is 12.3 Å². The maximum absolute atomic E-state index is 11.6. The molecule has 1 aromatic rings. The van der Waals surface area contributed by atoms with Gasteiger partial charge in [-0.2, -0.15) is 5.10 Å². The molecule has 8 heteroatoms. The summed E-state index contributed by atoms with van der Waals surface area (Å²) in [6.07, 6.45) is 1.94. The van der Waals surface area contributed by atoms with Gasteiger partial charge in [0.1, 0.15) is 5.82 Å². The first-order chi connectivity index (χ1) is 7.59. The van der Waals surface area contributed by atoms with Gasteiger partial charge < -0.3 is 10.5 Å². The largest absolute Gasteiger partial charge is 0.385 e. The summed E-state index contributed by atoms with van der Waals surface area (Å²) in [7, 11) is -1.84. The second-order valence-corrected chi connectivity index (χ2v) is 5.08. The van der Waals surface area contributed by atoms with E-state index in [1.807, 2.05) is 0 Å². The number of sulfonamides is 1. The normalized spacial score (nSPS) is 11.6. The van der Waals surface area contributed by atoms with E-state index in [1.165, 1.54) is 13.3 Å². The quantitative estimate of drug-likeness (QED) is 0.571. The molecular weight excluding hydrogens is 232 g/mol. The van der Waals surface area contributed by atoms with Crippen LogP contribution in [0, 0.1) is 0 Å². The molecule has 1 heterocycles. The third kappa shape index (κ3) is 3.80. The maximum Gasteiger partial charge on any atom is 0.233 e.